The van der Waals surface area contributed by atoms with Crippen LogP contribution in [0, 0.1) is 0 Å². The lowest BCUT2D eigenvalue weighted by Crippen LogP contribution is -2.28. The molecule has 8 heteroatoms. The SMILES string of the molecule is C=C(Nc1ccc(N(C)CCN(C)C)nc1)C(=C)c1cc(-c2cncc(NC(=C)N(C)C)c2)ccc1NC. The molecule has 38 heavy (non-hydrogen) atoms. The quantitative estimate of drug-likeness (QED) is 0.268. The highest BCUT2D eigenvalue weighted by Crippen LogP contribution is 2.33. The highest BCUT2D eigenvalue weighted by atomic mass is 15.2. The van der Waals surface area contributed by atoms with Crippen LogP contribution in [0.25, 0.3) is 16.7 Å². The number of aromatic nitrogens is 2. The zero-order chi connectivity index (χ0) is 27.8. The molecular formula is C30H40N8. The van der Waals surface area contributed by atoms with Crippen LogP contribution in [0.1, 0.15) is 5.56 Å². The Kier molecular flexibility index (Phi) is 9.51. The number of likely N-dealkylation sites (N-methyl/N-ethyl adjacent to an activating group) is 2. The van der Waals surface area contributed by atoms with Crippen molar-refractivity contribution < 1.29 is 0 Å². The molecule has 0 radical (unpaired) electrons. The molecule has 0 unspecified atom stereocenters. The third kappa shape index (κ3) is 7.36. The lowest BCUT2D eigenvalue weighted by molar-refractivity contribution is 0.416. The molecule has 1 aromatic carbocycles. The Morgan fingerprint density at radius 3 is 2.21 bits per heavy atom. The molecule has 0 atom stereocenters. The lowest BCUT2D eigenvalue weighted by Gasteiger charge is -2.21. The maximum Gasteiger partial charge on any atom is 0.128 e. The van der Waals surface area contributed by atoms with Gasteiger partial charge in [0, 0.05) is 70.0 Å². The van der Waals surface area contributed by atoms with Gasteiger partial charge in [0.15, 0.2) is 0 Å². The van der Waals surface area contributed by atoms with E-state index in [1.165, 1.54) is 0 Å². The van der Waals surface area contributed by atoms with Gasteiger partial charge in [0.25, 0.3) is 0 Å². The van der Waals surface area contributed by atoms with Gasteiger partial charge in [0.05, 0.1) is 29.6 Å². The Hall–Kier alpha value is -4.30. The molecule has 3 rings (SSSR count). The summed E-state index contributed by atoms with van der Waals surface area (Å²) in [4.78, 5) is 15.2. The summed E-state index contributed by atoms with van der Waals surface area (Å²) < 4.78 is 0. The maximum atomic E-state index is 4.61. The van der Waals surface area contributed by atoms with Gasteiger partial charge in [-0.2, -0.15) is 0 Å². The van der Waals surface area contributed by atoms with Crippen molar-refractivity contribution in [3.05, 3.63) is 91.8 Å². The van der Waals surface area contributed by atoms with Gasteiger partial charge in [-0.05, 0) is 55.6 Å². The van der Waals surface area contributed by atoms with E-state index in [1.54, 1.807) is 6.20 Å². The first-order chi connectivity index (χ1) is 18.1. The average molecular weight is 513 g/mol. The first-order valence-corrected chi connectivity index (χ1v) is 12.5. The minimum Gasteiger partial charge on any atom is -0.388 e. The fourth-order valence-electron chi connectivity index (χ4n) is 3.70. The molecule has 0 amide bonds. The number of allylic oxidation sites excluding steroid dienone is 1. The summed E-state index contributed by atoms with van der Waals surface area (Å²) in [5.74, 6) is 1.71. The summed E-state index contributed by atoms with van der Waals surface area (Å²) in [7, 11) is 12.0. The van der Waals surface area contributed by atoms with Gasteiger partial charge in [-0.3, -0.25) is 4.98 Å². The highest BCUT2D eigenvalue weighted by molar-refractivity contribution is 5.88. The van der Waals surface area contributed by atoms with Gasteiger partial charge in [0.1, 0.15) is 5.82 Å². The van der Waals surface area contributed by atoms with Crippen molar-refractivity contribution in [2.75, 3.05) is 76.2 Å². The van der Waals surface area contributed by atoms with E-state index < -0.39 is 0 Å². The van der Waals surface area contributed by atoms with Gasteiger partial charge in [-0.15, -0.1) is 0 Å². The molecule has 0 aliphatic rings. The zero-order valence-electron chi connectivity index (χ0n) is 23.5. The van der Waals surface area contributed by atoms with Crippen LogP contribution >= 0.6 is 0 Å². The molecule has 0 fully saturated rings. The fourth-order valence-corrected chi connectivity index (χ4v) is 3.70. The van der Waals surface area contributed by atoms with Crippen LogP contribution in [0.3, 0.4) is 0 Å². The van der Waals surface area contributed by atoms with E-state index in [0.29, 0.717) is 5.70 Å². The number of rotatable bonds is 13. The molecule has 0 aliphatic heterocycles. The number of benzene rings is 1. The summed E-state index contributed by atoms with van der Waals surface area (Å²) in [5.41, 5.74) is 7.12. The number of anilines is 4. The van der Waals surface area contributed by atoms with Gasteiger partial charge in [-0.1, -0.05) is 25.8 Å². The number of nitrogens with one attached hydrogen (secondary N) is 3. The van der Waals surface area contributed by atoms with Crippen molar-refractivity contribution in [1.82, 2.24) is 19.8 Å². The van der Waals surface area contributed by atoms with Crippen molar-refractivity contribution >= 4 is 28.5 Å². The predicted molar refractivity (Wildman–Crippen MR) is 164 cm³/mol. The second-order valence-electron chi connectivity index (χ2n) is 9.65. The van der Waals surface area contributed by atoms with Gasteiger partial charge in [0.2, 0.25) is 0 Å². The van der Waals surface area contributed by atoms with E-state index in [1.807, 2.05) is 63.7 Å². The number of hydrogen-bond donors (Lipinski definition) is 3. The molecule has 0 saturated heterocycles. The van der Waals surface area contributed by atoms with Crippen LogP contribution in [0.5, 0.6) is 0 Å². The smallest absolute Gasteiger partial charge is 0.128 e. The fraction of sp³-hybridized carbons (Fsp3) is 0.267. The van der Waals surface area contributed by atoms with Crippen LogP contribution < -0.4 is 20.9 Å². The Labute approximate surface area is 227 Å². The van der Waals surface area contributed by atoms with Crippen LogP contribution in [-0.4, -0.2) is 75.1 Å². The number of nitrogens with zero attached hydrogens (tertiary/aromatic N) is 5. The van der Waals surface area contributed by atoms with Crippen molar-refractivity contribution in [2.45, 2.75) is 0 Å². The van der Waals surface area contributed by atoms with E-state index >= 15 is 0 Å². The standard InChI is InChI=1S/C30H40N8/c1-21(22(2)34-26-11-13-30(33-20-26)38(9)15-14-36(5)6)28-17-24(10-12-29(28)31-4)25-16-27(19-32-18-25)35-23(3)37(7)8/h10-13,16-20,31,34-35H,1-3,14-15H2,4-9H3. The summed E-state index contributed by atoms with van der Waals surface area (Å²) in [6.45, 7) is 14.5. The normalized spacial score (nSPS) is 10.6. The van der Waals surface area contributed by atoms with E-state index in [9.17, 15) is 0 Å². The number of pyridine rings is 2. The van der Waals surface area contributed by atoms with Crippen molar-refractivity contribution in [3.8, 4) is 11.1 Å². The zero-order valence-corrected chi connectivity index (χ0v) is 23.5. The Balaban J connectivity index is 1.77. The number of hydrogen-bond acceptors (Lipinski definition) is 8. The summed E-state index contributed by atoms with van der Waals surface area (Å²) >= 11 is 0. The molecule has 3 N–H and O–H groups in total. The van der Waals surface area contributed by atoms with Crippen molar-refractivity contribution in [1.29, 1.82) is 0 Å². The first-order valence-electron chi connectivity index (χ1n) is 12.5. The Morgan fingerprint density at radius 1 is 0.816 bits per heavy atom. The highest BCUT2D eigenvalue weighted by Gasteiger charge is 2.12. The largest absolute Gasteiger partial charge is 0.388 e. The van der Waals surface area contributed by atoms with Crippen molar-refractivity contribution in [3.63, 3.8) is 0 Å². The second-order valence-corrected chi connectivity index (χ2v) is 9.65. The topological polar surface area (TPSA) is 71.6 Å². The van der Waals surface area contributed by atoms with Crippen LogP contribution in [-0.2, 0) is 0 Å². The lowest BCUT2D eigenvalue weighted by atomic mass is 9.97. The molecule has 3 aromatic rings. The monoisotopic (exact) mass is 512 g/mol. The Morgan fingerprint density at radius 2 is 1.58 bits per heavy atom. The molecule has 0 spiro atoms. The molecule has 0 aliphatic carbocycles. The minimum atomic E-state index is 0.699. The van der Waals surface area contributed by atoms with Crippen molar-refractivity contribution in [2.24, 2.45) is 0 Å². The van der Waals surface area contributed by atoms with Crippen LogP contribution in [0.4, 0.5) is 22.9 Å². The molecule has 0 bridgehead atoms. The second kappa shape index (κ2) is 12.8. The van der Waals surface area contributed by atoms with Gasteiger partial charge < -0.3 is 30.7 Å². The molecule has 0 saturated carbocycles. The van der Waals surface area contributed by atoms with Gasteiger partial charge >= 0.3 is 0 Å². The Bertz CT molecular complexity index is 1280. The molecule has 2 heterocycles. The van der Waals surface area contributed by atoms with E-state index in [4.69, 9.17) is 0 Å². The van der Waals surface area contributed by atoms with Gasteiger partial charge in [-0.25, -0.2) is 4.98 Å². The van der Waals surface area contributed by atoms with E-state index in [2.05, 4.69) is 87.7 Å². The van der Waals surface area contributed by atoms with Crippen LogP contribution in [0.15, 0.2) is 86.2 Å². The van der Waals surface area contributed by atoms with Crippen LogP contribution in [0.2, 0.25) is 0 Å². The third-order valence-corrected chi connectivity index (χ3v) is 6.20. The molecule has 8 nitrogen and oxygen atoms in total. The molecule has 2 aromatic heterocycles. The molecular weight excluding hydrogens is 472 g/mol. The van der Waals surface area contributed by atoms with E-state index in [-0.39, 0.29) is 0 Å². The average Bonchev–Trinajstić information content (AvgIpc) is 2.91. The predicted octanol–water partition coefficient (Wildman–Crippen LogP) is 5.27. The summed E-state index contributed by atoms with van der Waals surface area (Å²) in [5, 5.41) is 9.91. The summed E-state index contributed by atoms with van der Waals surface area (Å²) in [6, 6.07) is 12.3. The first kappa shape index (κ1) is 28.3. The molecule has 200 valence electrons. The van der Waals surface area contributed by atoms with E-state index in [0.717, 1.165) is 64.1 Å². The third-order valence-electron chi connectivity index (χ3n) is 6.20. The minimum absolute atomic E-state index is 0.699. The summed E-state index contributed by atoms with van der Waals surface area (Å²) in [6.07, 6.45) is 5.45. The maximum absolute atomic E-state index is 4.61.